The van der Waals surface area contributed by atoms with E-state index in [9.17, 15) is 4.79 Å². The lowest BCUT2D eigenvalue weighted by Crippen LogP contribution is -2.58. The van der Waals surface area contributed by atoms with Gasteiger partial charge in [0, 0.05) is 12.5 Å². The minimum Gasteiger partial charge on any atom is -0.366 e. The first-order valence-corrected chi connectivity index (χ1v) is 7.82. The molecule has 2 nitrogen and oxygen atoms in total. The Morgan fingerprint density at radius 1 is 1.17 bits per heavy atom. The summed E-state index contributed by atoms with van der Waals surface area (Å²) in [7, 11) is -1.50. The lowest BCUT2D eigenvalue weighted by molar-refractivity contribution is -0.128. The molecule has 0 bridgehead atoms. The molecule has 1 amide bonds. The molecule has 0 saturated heterocycles. The summed E-state index contributed by atoms with van der Waals surface area (Å²) in [4.78, 5) is 11.4. The van der Waals surface area contributed by atoms with Gasteiger partial charge in [-0.15, -0.1) is 0 Å². The third-order valence-corrected chi connectivity index (χ3v) is 3.98. The number of hydrogen-bond acceptors (Lipinski definition) is 1. The van der Waals surface area contributed by atoms with Crippen LogP contribution in [0.4, 0.5) is 0 Å². The van der Waals surface area contributed by atoms with Gasteiger partial charge in [-0.1, -0.05) is 19.6 Å². The molecule has 0 unspecified atom stereocenters. The van der Waals surface area contributed by atoms with Crippen molar-refractivity contribution in [2.75, 3.05) is 0 Å². The SMILES string of the molecule is CC(=O)N(C(C)(C)C)[Si](C)(C)C. The molecule has 0 aliphatic heterocycles. The highest BCUT2D eigenvalue weighted by molar-refractivity contribution is 6.75. The number of nitrogens with zero attached hydrogens (tertiary/aromatic N) is 1. The first-order chi connectivity index (χ1) is 5.07. The largest absolute Gasteiger partial charge is 0.366 e. The second kappa shape index (κ2) is 3.21. The summed E-state index contributed by atoms with van der Waals surface area (Å²) in [6, 6.07) is 0. The zero-order valence-electron chi connectivity index (χ0n) is 9.36. The fourth-order valence-electron chi connectivity index (χ4n) is 1.95. The second-order valence-corrected chi connectivity index (χ2v) is 9.98. The predicted molar refractivity (Wildman–Crippen MR) is 55.6 cm³/mol. The highest BCUT2D eigenvalue weighted by Crippen LogP contribution is 2.21. The Morgan fingerprint density at radius 2 is 1.50 bits per heavy atom. The van der Waals surface area contributed by atoms with Crippen LogP contribution < -0.4 is 0 Å². The quantitative estimate of drug-likeness (QED) is 0.578. The molecular weight excluding hydrogens is 166 g/mol. The van der Waals surface area contributed by atoms with E-state index in [1.54, 1.807) is 6.92 Å². The highest BCUT2D eigenvalue weighted by Gasteiger charge is 2.34. The standard InChI is InChI=1S/C9H21NOSi/c1-8(11)10(9(2,3)4)12(5,6)7/h1-7H3. The Bertz CT molecular complexity index is 162. The van der Waals surface area contributed by atoms with Crippen molar-refractivity contribution in [2.45, 2.75) is 52.9 Å². The molecule has 0 atom stereocenters. The molecule has 3 heteroatoms. The van der Waals surface area contributed by atoms with Crippen LogP contribution in [0.15, 0.2) is 0 Å². The Hall–Kier alpha value is -0.313. The number of amides is 1. The Kier molecular flexibility index (Phi) is 3.12. The van der Waals surface area contributed by atoms with Gasteiger partial charge in [-0.25, -0.2) is 0 Å². The van der Waals surface area contributed by atoms with E-state index in [0.29, 0.717) is 0 Å². The molecule has 0 fully saturated rings. The van der Waals surface area contributed by atoms with Gasteiger partial charge in [0.2, 0.25) is 5.91 Å². The van der Waals surface area contributed by atoms with Crippen LogP contribution in [-0.4, -0.2) is 24.2 Å². The van der Waals surface area contributed by atoms with Gasteiger partial charge in [0.05, 0.1) is 0 Å². The Morgan fingerprint density at radius 3 is 1.50 bits per heavy atom. The molecule has 0 aliphatic rings. The van der Waals surface area contributed by atoms with E-state index in [1.807, 2.05) is 4.57 Å². The summed E-state index contributed by atoms with van der Waals surface area (Å²) in [6.07, 6.45) is 0. The van der Waals surface area contributed by atoms with Crippen molar-refractivity contribution >= 4 is 14.1 Å². The summed E-state index contributed by atoms with van der Waals surface area (Å²) in [5, 5.41) is 0. The van der Waals surface area contributed by atoms with Gasteiger partial charge in [-0.2, -0.15) is 0 Å². The Labute approximate surface area is 77.0 Å². The second-order valence-electron chi connectivity index (χ2n) is 5.20. The van der Waals surface area contributed by atoms with E-state index in [-0.39, 0.29) is 11.4 Å². The van der Waals surface area contributed by atoms with Crippen molar-refractivity contribution < 1.29 is 4.79 Å². The van der Waals surface area contributed by atoms with E-state index >= 15 is 0 Å². The monoisotopic (exact) mass is 187 g/mol. The third kappa shape index (κ3) is 2.97. The van der Waals surface area contributed by atoms with E-state index in [4.69, 9.17) is 0 Å². The third-order valence-electron chi connectivity index (χ3n) is 1.66. The molecule has 0 aromatic carbocycles. The average Bonchev–Trinajstić information content (AvgIpc) is 1.49. The van der Waals surface area contributed by atoms with Crippen molar-refractivity contribution in [3.05, 3.63) is 0 Å². The zero-order chi connectivity index (χ0) is 10.2. The fourth-order valence-corrected chi connectivity index (χ4v) is 4.91. The van der Waals surface area contributed by atoms with Crippen LogP contribution in [0.1, 0.15) is 27.7 Å². The predicted octanol–water partition coefficient (Wildman–Crippen LogP) is 2.47. The molecular formula is C9H21NOSi. The van der Waals surface area contributed by atoms with E-state index in [1.165, 1.54) is 0 Å². The van der Waals surface area contributed by atoms with Crippen LogP contribution in [0.3, 0.4) is 0 Å². The normalized spacial score (nSPS) is 12.9. The summed E-state index contributed by atoms with van der Waals surface area (Å²) in [5.74, 6) is 0.196. The smallest absolute Gasteiger partial charge is 0.211 e. The Balaban J connectivity index is 4.82. The van der Waals surface area contributed by atoms with Crippen molar-refractivity contribution in [3.8, 4) is 0 Å². The molecule has 12 heavy (non-hydrogen) atoms. The maximum atomic E-state index is 11.4. The molecule has 0 radical (unpaired) electrons. The molecule has 0 rings (SSSR count). The summed E-state index contributed by atoms with van der Waals surface area (Å²) < 4.78 is 2.04. The molecule has 0 aromatic heterocycles. The molecule has 0 spiro atoms. The number of rotatable bonds is 1. The summed E-state index contributed by atoms with van der Waals surface area (Å²) >= 11 is 0. The first-order valence-electron chi connectivity index (χ1n) is 4.37. The van der Waals surface area contributed by atoms with Gasteiger partial charge in [0.25, 0.3) is 0 Å². The molecule has 0 aliphatic carbocycles. The molecule has 0 saturated carbocycles. The van der Waals surface area contributed by atoms with E-state index in [2.05, 4.69) is 40.4 Å². The minimum atomic E-state index is -1.50. The lowest BCUT2D eigenvalue weighted by Gasteiger charge is -2.44. The van der Waals surface area contributed by atoms with Crippen LogP contribution in [0.25, 0.3) is 0 Å². The van der Waals surface area contributed by atoms with Crippen LogP contribution in [0.2, 0.25) is 19.6 Å². The van der Waals surface area contributed by atoms with Crippen molar-refractivity contribution in [1.29, 1.82) is 0 Å². The number of hydrogen-bond donors (Lipinski definition) is 0. The van der Waals surface area contributed by atoms with Crippen molar-refractivity contribution in [3.63, 3.8) is 0 Å². The number of carbonyl (C=O) groups is 1. The maximum Gasteiger partial charge on any atom is 0.211 e. The van der Waals surface area contributed by atoms with Crippen LogP contribution in [0, 0.1) is 0 Å². The zero-order valence-corrected chi connectivity index (χ0v) is 10.4. The fraction of sp³-hybridized carbons (Fsp3) is 0.889. The highest BCUT2D eigenvalue weighted by atomic mass is 28.3. The van der Waals surface area contributed by atoms with E-state index in [0.717, 1.165) is 0 Å². The lowest BCUT2D eigenvalue weighted by atomic mass is 10.1. The van der Waals surface area contributed by atoms with Crippen LogP contribution in [-0.2, 0) is 4.79 Å². The average molecular weight is 187 g/mol. The van der Waals surface area contributed by atoms with Crippen LogP contribution >= 0.6 is 0 Å². The van der Waals surface area contributed by atoms with Gasteiger partial charge in [0.15, 0.2) is 8.24 Å². The molecule has 0 N–H and O–H groups in total. The van der Waals surface area contributed by atoms with Crippen LogP contribution in [0.5, 0.6) is 0 Å². The number of carbonyl (C=O) groups excluding carboxylic acids is 1. The summed E-state index contributed by atoms with van der Waals surface area (Å²) in [5.41, 5.74) is -0.0314. The van der Waals surface area contributed by atoms with Gasteiger partial charge >= 0.3 is 0 Å². The topological polar surface area (TPSA) is 20.3 Å². The van der Waals surface area contributed by atoms with Gasteiger partial charge in [-0.05, 0) is 20.8 Å². The molecule has 0 aromatic rings. The maximum absolute atomic E-state index is 11.4. The van der Waals surface area contributed by atoms with Gasteiger partial charge in [-0.3, -0.25) is 4.79 Å². The van der Waals surface area contributed by atoms with Crippen molar-refractivity contribution in [1.82, 2.24) is 4.57 Å². The molecule has 72 valence electrons. The van der Waals surface area contributed by atoms with Crippen molar-refractivity contribution in [2.24, 2.45) is 0 Å². The first kappa shape index (κ1) is 11.7. The molecule has 0 heterocycles. The minimum absolute atomic E-state index is 0.0314. The summed E-state index contributed by atoms with van der Waals surface area (Å²) in [6.45, 7) is 14.5. The van der Waals surface area contributed by atoms with Gasteiger partial charge in [0.1, 0.15) is 0 Å². The van der Waals surface area contributed by atoms with Gasteiger partial charge < -0.3 is 4.57 Å². The van der Waals surface area contributed by atoms with E-state index < -0.39 is 8.24 Å².